The van der Waals surface area contributed by atoms with E-state index in [1.807, 2.05) is 0 Å². The van der Waals surface area contributed by atoms with E-state index < -0.39 is 0 Å². The van der Waals surface area contributed by atoms with E-state index in [0.717, 1.165) is 0 Å². The fourth-order valence-electron chi connectivity index (χ4n) is 2.01. The van der Waals surface area contributed by atoms with Crippen LogP contribution in [-0.2, 0) is 19.1 Å². The largest absolute Gasteiger partial charge is 0.482 e. The molecule has 0 aromatic heterocycles. The third kappa shape index (κ3) is 7.66. The molecular formula is C17H24ClNO5. The van der Waals surface area contributed by atoms with Crippen molar-refractivity contribution in [3.63, 3.8) is 0 Å². The van der Waals surface area contributed by atoms with Gasteiger partial charge in [-0.15, -0.1) is 0 Å². The maximum Gasteiger partial charge on any atom is 0.307 e. The Bertz CT molecular complexity index is 523. The summed E-state index contributed by atoms with van der Waals surface area (Å²) in [6, 6.07) is 6.96. The molecule has 24 heavy (non-hydrogen) atoms. The van der Waals surface area contributed by atoms with Crippen LogP contribution in [0.3, 0.4) is 0 Å². The fourth-order valence-corrected chi connectivity index (χ4v) is 2.20. The van der Waals surface area contributed by atoms with E-state index in [4.69, 9.17) is 25.8 Å². The summed E-state index contributed by atoms with van der Waals surface area (Å²) in [6.07, 6.45) is 0.829. The summed E-state index contributed by atoms with van der Waals surface area (Å²) in [5, 5.41) is 0.447. The zero-order valence-corrected chi connectivity index (χ0v) is 14.9. The van der Waals surface area contributed by atoms with Crippen molar-refractivity contribution in [2.45, 2.75) is 19.8 Å². The number of amides is 1. The predicted octanol–water partition coefficient (Wildman–Crippen LogP) is 2.54. The zero-order valence-electron chi connectivity index (χ0n) is 14.1. The molecule has 1 amide bonds. The van der Waals surface area contributed by atoms with Crippen molar-refractivity contribution in [1.82, 2.24) is 4.90 Å². The van der Waals surface area contributed by atoms with Gasteiger partial charge in [0.15, 0.2) is 6.61 Å². The number of nitrogens with zero attached hydrogens (tertiary/aromatic N) is 1. The molecule has 1 aromatic rings. The summed E-state index contributed by atoms with van der Waals surface area (Å²) in [4.78, 5) is 25.4. The molecule has 7 heteroatoms. The lowest BCUT2D eigenvalue weighted by Crippen LogP contribution is -2.37. The number of halogens is 1. The number of hydrogen-bond acceptors (Lipinski definition) is 5. The molecule has 0 aliphatic heterocycles. The highest BCUT2D eigenvalue weighted by molar-refractivity contribution is 6.32. The molecule has 134 valence electrons. The monoisotopic (exact) mass is 357 g/mol. The molecule has 1 aromatic carbocycles. The number of ether oxygens (including phenoxy) is 3. The zero-order chi connectivity index (χ0) is 17.8. The summed E-state index contributed by atoms with van der Waals surface area (Å²) in [6.45, 7) is 3.24. The smallest absolute Gasteiger partial charge is 0.307 e. The van der Waals surface area contributed by atoms with Crippen molar-refractivity contribution in [2.24, 2.45) is 0 Å². The van der Waals surface area contributed by atoms with Crippen LogP contribution in [0.15, 0.2) is 24.3 Å². The quantitative estimate of drug-likeness (QED) is 0.450. The minimum absolute atomic E-state index is 0.139. The third-order valence-electron chi connectivity index (χ3n) is 3.21. The van der Waals surface area contributed by atoms with Crippen LogP contribution in [0.1, 0.15) is 19.8 Å². The second-order valence-corrected chi connectivity index (χ2v) is 5.41. The van der Waals surface area contributed by atoms with Gasteiger partial charge in [-0.2, -0.15) is 0 Å². The van der Waals surface area contributed by atoms with Gasteiger partial charge < -0.3 is 19.1 Å². The molecule has 0 saturated heterocycles. The van der Waals surface area contributed by atoms with Crippen LogP contribution in [0.2, 0.25) is 5.02 Å². The van der Waals surface area contributed by atoms with Crippen LogP contribution < -0.4 is 4.74 Å². The molecule has 6 nitrogen and oxygen atoms in total. The average molecular weight is 358 g/mol. The molecule has 0 heterocycles. The SMILES string of the molecule is CCOC(=O)CCN(CCCOC)C(=O)COc1ccccc1Cl. The number of carbonyl (C=O) groups is 2. The molecule has 0 aliphatic rings. The molecule has 1 rings (SSSR count). The first-order valence-electron chi connectivity index (χ1n) is 7.88. The van der Waals surface area contributed by atoms with Crippen molar-refractivity contribution in [1.29, 1.82) is 0 Å². The highest BCUT2D eigenvalue weighted by atomic mass is 35.5. The number of benzene rings is 1. The van der Waals surface area contributed by atoms with Crippen LogP contribution in [-0.4, -0.2) is 56.8 Å². The normalized spacial score (nSPS) is 10.3. The van der Waals surface area contributed by atoms with Gasteiger partial charge in [0.25, 0.3) is 5.91 Å². The van der Waals surface area contributed by atoms with E-state index in [-0.39, 0.29) is 31.4 Å². The molecule has 0 fully saturated rings. The van der Waals surface area contributed by atoms with Crippen molar-refractivity contribution in [2.75, 3.05) is 40.0 Å². The van der Waals surface area contributed by atoms with E-state index in [1.165, 1.54) is 0 Å². The van der Waals surface area contributed by atoms with Crippen molar-refractivity contribution >= 4 is 23.5 Å². The maximum absolute atomic E-state index is 12.4. The summed E-state index contributed by atoms with van der Waals surface area (Å²) in [7, 11) is 1.60. The first-order valence-corrected chi connectivity index (χ1v) is 8.26. The molecule has 0 saturated carbocycles. The minimum atomic E-state index is -0.325. The molecule has 0 aliphatic carbocycles. The van der Waals surface area contributed by atoms with Crippen LogP contribution in [0, 0.1) is 0 Å². The molecule has 0 atom stereocenters. The number of methoxy groups -OCH3 is 1. The lowest BCUT2D eigenvalue weighted by atomic mass is 10.3. The molecule has 0 unspecified atom stereocenters. The highest BCUT2D eigenvalue weighted by Crippen LogP contribution is 2.23. The van der Waals surface area contributed by atoms with Gasteiger partial charge in [-0.3, -0.25) is 9.59 Å². The standard InChI is InChI=1S/C17H24ClNO5/c1-3-23-17(21)9-11-19(10-6-12-22-2)16(20)13-24-15-8-5-4-7-14(15)18/h4-5,7-8H,3,6,9-13H2,1-2H3. The number of para-hydroxylation sites is 1. The Balaban J connectivity index is 2.54. The lowest BCUT2D eigenvalue weighted by Gasteiger charge is -2.22. The molecular weight excluding hydrogens is 334 g/mol. The van der Waals surface area contributed by atoms with Crippen molar-refractivity contribution < 1.29 is 23.8 Å². The van der Waals surface area contributed by atoms with Gasteiger partial charge in [0.1, 0.15) is 5.75 Å². The van der Waals surface area contributed by atoms with E-state index >= 15 is 0 Å². The highest BCUT2D eigenvalue weighted by Gasteiger charge is 2.16. The Labute approximate surface area is 147 Å². The van der Waals surface area contributed by atoms with E-state index in [2.05, 4.69) is 0 Å². The predicted molar refractivity (Wildman–Crippen MR) is 91.3 cm³/mol. The van der Waals surface area contributed by atoms with Crippen LogP contribution >= 0.6 is 11.6 Å². The second kappa shape index (κ2) is 11.7. The topological polar surface area (TPSA) is 65.1 Å². The van der Waals surface area contributed by atoms with Crippen LogP contribution in [0.5, 0.6) is 5.75 Å². The van der Waals surface area contributed by atoms with E-state index in [1.54, 1.807) is 43.2 Å². The molecule has 0 bridgehead atoms. The fraction of sp³-hybridized carbons (Fsp3) is 0.529. The van der Waals surface area contributed by atoms with Gasteiger partial charge in [0, 0.05) is 26.8 Å². The maximum atomic E-state index is 12.4. The molecule has 0 N–H and O–H groups in total. The van der Waals surface area contributed by atoms with Crippen molar-refractivity contribution in [3.05, 3.63) is 29.3 Å². The van der Waals surface area contributed by atoms with Crippen LogP contribution in [0.4, 0.5) is 0 Å². The first kappa shape index (κ1) is 20.3. The second-order valence-electron chi connectivity index (χ2n) is 5.00. The lowest BCUT2D eigenvalue weighted by molar-refractivity contribution is -0.144. The molecule has 0 radical (unpaired) electrons. The summed E-state index contributed by atoms with van der Waals surface area (Å²) in [5.74, 6) is -0.0841. The van der Waals surface area contributed by atoms with Gasteiger partial charge in [-0.25, -0.2) is 0 Å². The summed E-state index contributed by atoms with van der Waals surface area (Å²) >= 11 is 6.00. The summed E-state index contributed by atoms with van der Waals surface area (Å²) < 4.78 is 15.4. The molecule has 0 spiro atoms. The Morgan fingerprint density at radius 2 is 1.96 bits per heavy atom. The average Bonchev–Trinajstić information content (AvgIpc) is 2.57. The van der Waals surface area contributed by atoms with Crippen LogP contribution in [0.25, 0.3) is 0 Å². The number of esters is 1. The van der Waals surface area contributed by atoms with E-state index in [9.17, 15) is 9.59 Å². The van der Waals surface area contributed by atoms with Gasteiger partial charge >= 0.3 is 5.97 Å². The van der Waals surface area contributed by atoms with Gasteiger partial charge in [-0.05, 0) is 25.5 Å². The number of rotatable bonds is 11. The van der Waals surface area contributed by atoms with Crippen molar-refractivity contribution in [3.8, 4) is 5.75 Å². The Kier molecular flexibility index (Phi) is 9.88. The Morgan fingerprint density at radius 1 is 1.21 bits per heavy atom. The first-order chi connectivity index (χ1) is 11.6. The third-order valence-corrected chi connectivity index (χ3v) is 3.52. The van der Waals surface area contributed by atoms with Gasteiger partial charge in [0.2, 0.25) is 0 Å². The number of hydrogen-bond donors (Lipinski definition) is 0. The summed E-state index contributed by atoms with van der Waals surface area (Å²) in [5.41, 5.74) is 0. The number of carbonyl (C=O) groups excluding carboxylic acids is 2. The van der Waals surface area contributed by atoms with E-state index in [0.29, 0.717) is 37.0 Å². The van der Waals surface area contributed by atoms with Gasteiger partial charge in [0.05, 0.1) is 18.1 Å². The van der Waals surface area contributed by atoms with Gasteiger partial charge in [-0.1, -0.05) is 23.7 Å². The Morgan fingerprint density at radius 3 is 2.62 bits per heavy atom. The Hall–Kier alpha value is -1.79. The minimum Gasteiger partial charge on any atom is -0.482 e.